The summed E-state index contributed by atoms with van der Waals surface area (Å²) < 4.78 is 0. The van der Waals surface area contributed by atoms with Crippen LogP contribution < -0.4 is 0 Å². The van der Waals surface area contributed by atoms with Gasteiger partial charge in [0, 0.05) is 18.1 Å². The van der Waals surface area contributed by atoms with Gasteiger partial charge in [0.25, 0.3) is 0 Å². The quantitative estimate of drug-likeness (QED) is 0.577. The maximum Gasteiger partial charge on any atom is 0.227 e. The molecule has 0 aliphatic carbocycles. The van der Waals surface area contributed by atoms with Crippen molar-refractivity contribution in [3.8, 4) is 0 Å². The number of amides is 1. The molecule has 1 saturated heterocycles. The Bertz CT molecular complexity index is 732. The second-order valence-electron chi connectivity index (χ2n) is 6.01. The van der Waals surface area contributed by atoms with E-state index >= 15 is 0 Å². The van der Waals surface area contributed by atoms with E-state index in [-0.39, 0.29) is 18.9 Å². The molecule has 1 aromatic heterocycles. The lowest BCUT2D eigenvalue weighted by Crippen LogP contribution is -2.64. The molecule has 0 unspecified atom stereocenters. The van der Waals surface area contributed by atoms with Crippen molar-refractivity contribution >= 4 is 16.8 Å². The number of likely N-dealkylation sites (tertiary alicyclic amines) is 1. The van der Waals surface area contributed by atoms with Crippen molar-refractivity contribution in [1.29, 1.82) is 0 Å². The van der Waals surface area contributed by atoms with Gasteiger partial charge in [0.05, 0.1) is 24.6 Å². The molecule has 1 amide bonds. The fourth-order valence-electron chi connectivity index (χ4n) is 3.16. The van der Waals surface area contributed by atoms with Crippen molar-refractivity contribution in [3.63, 3.8) is 0 Å². The highest BCUT2D eigenvalue weighted by molar-refractivity contribution is 5.88. The Kier molecular flexibility index (Phi) is 4.77. The molecule has 2 heterocycles. The summed E-state index contributed by atoms with van der Waals surface area (Å²) in [6, 6.07) is 8.21. The number of rotatable bonds is 3. The van der Waals surface area contributed by atoms with Crippen molar-refractivity contribution in [1.82, 2.24) is 9.88 Å². The summed E-state index contributed by atoms with van der Waals surface area (Å²) in [6.07, 6.45) is -2.30. The van der Waals surface area contributed by atoms with Gasteiger partial charge in [-0.3, -0.25) is 9.78 Å². The lowest BCUT2D eigenvalue weighted by molar-refractivity contribution is -0.165. The van der Waals surface area contributed by atoms with Gasteiger partial charge in [-0.1, -0.05) is 18.2 Å². The van der Waals surface area contributed by atoms with Crippen LogP contribution in [-0.4, -0.2) is 73.7 Å². The number of hydrogen-bond donors (Lipinski definition) is 4. The Morgan fingerprint density at radius 3 is 2.71 bits per heavy atom. The molecule has 1 aliphatic rings. The highest BCUT2D eigenvalue weighted by atomic mass is 16.4. The maximum atomic E-state index is 12.7. The minimum Gasteiger partial charge on any atom is -0.394 e. The van der Waals surface area contributed by atoms with Crippen molar-refractivity contribution in [2.75, 3.05) is 13.2 Å². The van der Waals surface area contributed by atoms with Crippen molar-refractivity contribution in [3.05, 3.63) is 42.1 Å². The molecule has 2 aromatic rings. The zero-order valence-corrected chi connectivity index (χ0v) is 13.0. The average Bonchev–Trinajstić information content (AvgIpc) is 2.59. The fraction of sp³-hybridized carbons (Fsp3) is 0.412. The zero-order chi connectivity index (χ0) is 17.3. The summed E-state index contributed by atoms with van der Waals surface area (Å²) in [5.74, 6) is -0.338. The normalized spacial score (nSPS) is 27.4. The molecule has 128 valence electrons. The molecule has 0 radical (unpaired) electrons. The van der Waals surface area contributed by atoms with E-state index in [0.717, 1.165) is 16.5 Å². The molecule has 7 heteroatoms. The molecule has 0 spiro atoms. The number of carbonyl (C=O) groups is 1. The number of carbonyl (C=O) groups excluding carboxylic acids is 1. The van der Waals surface area contributed by atoms with Crippen molar-refractivity contribution < 1.29 is 25.2 Å². The fourth-order valence-corrected chi connectivity index (χ4v) is 3.16. The van der Waals surface area contributed by atoms with Gasteiger partial charge in [-0.05, 0) is 17.7 Å². The molecule has 1 aliphatic heterocycles. The first kappa shape index (κ1) is 16.8. The van der Waals surface area contributed by atoms with E-state index < -0.39 is 31.0 Å². The number of pyridine rings is 1. The first-order chi connectivity index (χ1) is 11.5. The van der Waals surface area contributed by atoms with E-state index in [9.17, 15) is 25.2 Å². The molecule has 3 rings (SSSR count). The van der Waals surface area contributed by atoms with Crippen LogP contribution in [0, 0.1) is 0 Å². The van der Waals surface area contributed by atoms with Gasteiger partial charge in [-0.25, -0.2) is 0 Å². The number of aromatic nitrogens is 1. The average molecular weight is 332 g/mol. The molecule has 7 nitrogen and oxygen atoms in total. The first-order valence-corrected chi connectivity index (χ1v) is 7.80. The number of hydrogen-bond acceptors (Lipinski definition) is 6. The van der Waals surface area contributed by atoms with Crippen LogP contribution >= 0.6 is 0 Å². The van der Waals surface area contributed by atoms with Gasteiger partial charge in [-0.2, -0.15) is 0 Å². The van der Waals surface area contributed by atoms with Gasteiger partial charge >= 0.3 is 0 Å². The Balaban J connectivity index is 1.85. The van der Waals surface area contributed by atoms with Crippen LogP contribution in [0.3, 0.4) is 0 Å². The third-order valence-electron chi connectivity index (χ3n) is 4.51. The summed E-state index contributed by atoms with van der Waals surface area (Å²) in [6.45, 7) is -0.626. The molecular weight excluding hydrogens is 312 g/mol. The van der Waals surface area contributed by atoms with E-state index in [4.69, 9.17) is 0 Å². The van der Waals surface area contributed by atoms with Crippen molar-refractivity contribution in [2.24, 2.45) is 0 Å². The van der Waals surface area contributed by atoms with Crippen LogP contribution in [-0.2, 0) is 11.2 Å². The Morgan fingerprint density at radius 1 is 1.17 bits per heavy atom. The molecular formula is C17H20N2O5. The summed E-state index contributed by atoms with van der Waals surface area (Å²) in [5.41, 5.74) is 1.55. The van der Waals surface area contributed by atoms with E-state index in [1.54, 1.807) is 12.3 Å². The molecule has 4 N–H and O–H groups in total. The lowest BCUT2D eigenvalue weighted by Gasteiger charge is -2.43. The van der Waals surface area contributed by atoms with E-state index in [2.05, 4.69) is 4.98 Å². The number of piperidine rings is 1. The molecule has 4 atom stereocenters. The van der Waals surface area contributed by atoms with Crippen LogP contribution in [0.15, 0.2) is 36.5 Å². The standard InChI is InChI=1S/C17H20N2O5/c20-9-13-16(23)17(24)14(21)8-19(13)15(22)7-10-3-1-5-12-11(10)4-2-6-18-12/h1-6,13-14,16-17,20-21,23-24H,7-9H2/t13-,14+,16-,17-/m1/s1. The van der Waals surface area contributed by atoms with Crippen LogP contribution in [0.25, 0.3) is 10.9 Å². The molecule has 0 bridgehead atoms. The van der Waals surface area contributed by atoms with Crippen LogP contribution in [0.1, 0.15) is 5.56 Å². The number of benzene rings is 1. The van der Waals surface area contributed by atoms with E-state index in [0.29, 0.717) is 0 Å². The van der Waals surface area contributed by atoms with E-state index in [1.165, 1.54) is 4.90 Å². The first-order valence-electron chi connectivity index (χ1n) is 7.80. The Labute approximate surface area is 138 Å². The van der Waals surface area contributed by atoms with Crippen LogP contribution in [0.5, 0.6) is 0 Å². The highest BCUT2D eigenvalue weighted by Gasteiger charge is 2.42. The highest BCUT2D eigenvalue weighted by Crippen LogP contribution is 2.22. The summed E-state index contributed by atoms with van der Waals surface area (Å²) >= 11 is 0. The van der Waals surface area contributed by atoms with Crippen molar-refractivity contribution in [2.45, 2.75) is 30.8 Å². The minimum atomic E-state index is -1.39. The second kappa shape index (κ2) is 6.82. The van der Waals surface area contributed by atoms with Gasteiger partial charge in [0.1, 0.15) is 18.3 Å². The van der Waals surface area contributed by atoms with Gasteiger partial charge < -0.3 is 25.3 Å². The lowest BCUT2D eigenvalue weighted by atomic mass is 9.93. The second-order valence-corrected chi connectivity index (χ2v) is 6.01. The smallest absolute Gasteiger partial charge is 0.227 e. The third-order valence-corrected chi connectivity index (χ3v) is 4.51. The molecule has 1 aromatic carbocycles. The van der Waals surface area contributed by atoms with Gasteiger partial charge in [-0.15, -0.1) is 0 Å². The number of β-amino-alcohol motifs (C(OH)–C–C–N with tert-alkyl or cyclic N) is 1. The zero-order valence-electron chi connectivity index (χ0n) is 13.0. The minimum absolute atomic E-state index is 0.0507. The van der Waals surface area contributed by atoms with Crippen LogP contribution in [0.2, 0.25) is 0 Å². The SMILES string of the molecule is O=C(Cc1cccc2ncccc12)N1C[C@H](O)[C@@H](O)[C@H](O)[C@H]1CO. The predicted molar refractivity (Wildman–Crippen MR) is 86.1 cm³/mol. The number of aliphatic hydroxyl groups is 4. The number of nitrogens with zero attached hydrogens (tertiary/aromatic N) is 2. The summed E-state index contributed by atoms with van der Waals surface area (Å²) in [7, 11) is 0. The van der Waals surface area contributed by atoms with Gasteiger partial charge in [0.15, 0.2) is 0 Å². The largest absolute Gasteiger partial charge is 0.394 e. The maximum absolute atomic E-state index is 12.7. The predicted octanol–water partition coefficient (Wildman–Crippen LogP) is -0.937. The molecule has 1 fully saturated rings. The monoisotopic (exact) mass is 332 g/mol. The molecule has 24 heavy (non-hydrogen) atoms. The topological polar surface area (TPSA) is 114 Å². The number of aliphatic hydroxyl groups excluding tert-OH is 4. The van der Waals surface area contributed by atoms with Gasteiger partial charge in [0.2, 0.25) is 5.91 Å². The summed E-state index contributed by atoms with van der Waals surface area (Å²) in [4.78, 5) is 18.2. The Hall–Kier alpha value is -2.06. The Morgan fingerprint density at radius 2 is 1.96 bits per heavy atom. The third kappa shape index (κ3) is 2.99. The van der Waals surface area contributed by atoms with Crippen LogP contribution in [0.4, 0.5) is 0 Å². The van der Waals surface area contributed by atoms with E-state index in [1.807, 2.05) is 24.3 Å². The molecule has 0 saturated carbocycles. The summed E-state index contributed by atoms with van der Waals surface area (Å²) in [5, 5.41) is 39.9. The number of fused-ring (bicyclic) bond motifs is 1.